The number of hydrogen-bond donors (Lipinski definition) is 1. The molecule has 2 aliphatic heterocycles. The van der Waals surface area contributed by atoms with Crippen molar-refractivity contribution in [3.63, 3.8) is 0 Å². The molecule has 1 atom stereocenters. The number of likely N-dealkylation sites (tertiary alicyclic amines) is 1. The number of aromatic nitrogens is 2. The number of benzene rings is 1. The first kappa shape index (κ1) is 22.8. The van der Waals surface area contributed by atoms with E-state index in [-0.39, 0.29) is 16.9 Å². The SMILES string of the molecule is CN1CCCC1CCNC(=O)c1c(=O)c2ccc(N3CCCC3)nc2n2c1sc1ccc(Cl)cc12. The number of pyridine rings is 2. The molecule has 182 valence electrons. The lowest BCUT2D eigenvalue weighted by Gasteiger charge is -2.19. The Morgan fingerprint density at radius 3 is 2.77 bits per heavy atom. The molecule has 0 aliphatic carbocycles. The second kappa shape index (κ2) is 9.08. The zero-order valence-corrected chi connectivity index (χ0v) is 21.3. The Kier molecular flexibility index (Phi) is 5.90. The van der Waals surface area contributed by atoms with Gasteiger partial charge in [-0.2, -0.15) is 0 Å². The van der Waals surface area contributed by atoms with Crippen LogP contribution in [-0.2, 0) is 0 Å². The number of nitrogens with zero attached hydrogens (tertiary/aromatic N) is 4. The van der Waals surface area contributed by atoms with E-state index < -0.39 is 0 Å². The van der Waals surface area contributed by atoms with E-state index in [1.165, 1.54) is 17.8 Å². The lowest BCUT2D eigenvalue weighted by molar-refractivity contribution is 0.0951. The van der Waals surface area contributed by atoms with Gasteiger partial charge in [-0.05, 0) is 76.0 Å². The summed E-state index contributed by atoms with van der Waals surface area (Å²) < 4.78 is 2.90. The van der Waals surface area contributed by atoms with Gasteiger partial charge in [0.25, 0.3) is 5.91 Å². The Morgan fingerprint density at radius 1 is 1.17 bits per heavy atom. The highest BCUT2D eigenvalue weighted by molar-refractivity contribution is 7.24. The van der Waals surface area contributed by atoms with Gasteiger partial charge < -0.3 is 15.1 Å². The largest absolute Gasteiger partial charge is 0.357 e. The van der Waals surface area contributed by atoms with Gasteiger partial charge in [0.05, 0.1) is 15.6 Å². The highest BCUT2D eigenvalue weighted by Crippen LogP contribution is 2.33. The summed E-state index contributed by atoms with van der Waals surface area (Å²) in [6, 6.07) is 9.86. The van der Waals surface area contributed by atoms with Crippen LogP contribution in [0.1, 0.15) is 42.5 Å². The minimum absolute atomic E-state index is 0.185. The van der Waals surface area contributed by atoms with Crippen molar-refractivity contribution in [1.29, 1.82) is 0 Å². The predicted molar refractivity (Wildman–Crippen MR) is 143 cm³/mol. The van der Waals surface area contributed by atoms with Crippen molar-refractivity contribution in [2.75, 3.05) is 38.1 Å². The van der Waals surface area contributed by atoms with E-state index in [1.54, 1.807) is 0 Å². The van der Waals surface area contributed by atoms with E-state index in [4.69, 9.17) is 16.6 Å². The molecule has 5 heterocycles. The summed E-state index contributed by atoms with van der Waals surface area (Å²) >= 11 is 7.79. The van der Waals surface area contributed by atoms with Gasteiger partial charge in [0.15, 0.2) is 5.65 Å². The first-order valence-electron chi connectivity index (χ1n) is 12.3. The molecule has 2 saturated heterocycles. The van der Waals surface area contributed by atoms with E-state index in [0.717, 1.165) is 61.4 Å². The molecule has 1 N–H and O–H groups in total. The monoisotopic (exact) mass is 509 g/mol. The molecule has 2 fully saturated rings. The highest BCUT2D eigenvalue weighted by Gasteiger charge is 2.25. The molecule has 1 unspecified atom stereocenters. The molecule has 6 rings (SSSR count). The van der Waals surface area contributed by atoms with Crippen molar-refractivity contribution >= 4 is 60.7 Å². The number of thiazole rings is 1. The van der Waals surface area contributed by atoms with Crippen molar-refractivity contribution in [2.24, 2.45) is 0 Å². The summed E-state index contributed by atoms with van der Waals surface area (Å²) in [5, 5.41) is 4.08. The number of anilines is 1. The van der Waals surface area contributed by atoms with Gasteiger partial charge in [-0.1, -0.05) is 11.6 Å². The minimum Gasteiger partial charge on any atom is -0.357 e. The predicted octanol–water partition coefficient (Wildman–Crippen LogP) is 4.53. The number of halogens is 1. The highest BCUT2D eigenvalue weighted by atomic mass is 35.5. The number of hydrogen-bond acceptors (Lipinski definition) is 6. The van der Waals surface area contributed by atoms with Gasteiger partial charge in [0, 0.05) is 30.7 Å². The zero-order valence-electron chi connectivity index (χ0n) is 19.7. The maximum Gasteiger partial charge on any atom is 0.258 e. The summed E-state index contributed by atoms with van der Waals surface area (Å²) in [5.74, 6) is 0.541. The van der Waals surface area contributed by atoms with Crippen LogP contribution in [0.15, 0.2) is 35.1 Å². The Bertz CT molecular complexity index is 1510. The molecule has 2 aliphatic rings. The third-order valence-electron chi connectivity index (χ3n) is 7.42. The van der Waals surface area contributed by atoms with Gasteiger partial charge in [-0.3, -0.25) is 14.0 Å². The van der Waals surface area contributed by atoms with Crippen LogP contribution < -0.4 is 15.6 Å². The molecule has 0 spiro atoms. The van der Waals surface area contributed by atoms with E-state index in [1.807, 2.05) is 34.7 Å². The number of carbonyl (C=O) groups is 1. The molecule has 4 aromatic rings. The Labute approximate surface area is 212 Å². The lowest BCUT2D eigenvalue weighted by Crippen LogP contribution is -2.34. The molecule has 0 radical (unpaired) electrons. The second-order valence-corrected chi connectivity index (χ2v) is 11.1. The molecule has 1 aromatic carbocycles. The molecule has 0 bridgehead atoms. The third-order valence-corrected chi connectivity index (χ3v) is 8.80. The quantitative estimate of drug-likeness (QED) is 0.428. The van der Waals surface area contributed by atoms with Crippen molar-refractivity contribution in [3.8, 4) is 0 Å². The topological polar surface area (TPSA) is 70.0 Å². The standard InChI is InChI=1S/C26H28ClN5O2S/c1-30-12-4-5-17(30)10-11-28-25(34)22-23(33)18-7-9-21(31-13-2-3-14-31)29-24(18)32-19-15-16(27)6-8-20(19)35-26(22)32/h6-9,15,17H,2-5,10-14H2,1H3,(H,28,34). The van der Waals surface area contributed by atoms with E-state index >= 15 is 0 Å². The van der Waals surface area contributed by atoms with Gasteiger partial charge in [-0.25, -0.2) is 4.98 Å². The number of amides is 1. The normalized spacial score (nSPS) is 18.9. The second-order valence-electron chi connectivity index (χ2n) is 9.61. The minimum atomic E-state index is -0.323. The molecule has 3 aromatic heterocycles. The molecular weight excluding hydrogens is 482 g/mol. The molecule has 0 saturated carbocycles. The fourth-order valence-corrected chi connectivity index (χ4v) is 6.84. The van der Waals surface area contributed by atoms with Crippen LogP contribution in [0.5, 0.6) is 0 Å². The Morgan fingerprint density at radius 2 is 2.00 bits per heavy atom. The maximum absolute atomic E-state index is 13.7. The summed E-state index contributed by atoms with van der Waals surface area (Å²) in [6.07, 6.45) is 5.50. The molecule has 35 heavy (non-hydrogen) atoms. The van der Waals surface area contributed by atoms with Crippen molar-refractivity contribution < 1.29 is 4.79 Å². The summed E-state index contributed by atoms with van der Waals surface area (Å²) in [4.78, 5) is 37.2. The van der Waals surface area contributed by atoms with Crippen LogP contribution in [0.4, 0.5) is 5.82 Å². The Balaban J connectivity index is 1.48. The molecule has 7 nitrogen and oxygen atoms in total. The fourth-order valence-electron chi connectivity index (χ4n) is 5.51. The zero-order chi connectivity index (χ0) is 24.1. The van der Waals surface area contributed by atoms with Crippen LogP contribution in [0, 0.1) is 0 Å². The first-order chi connectivity index (χ1) is 17.0. The van der Waals surface area contributed by atoms with Gasteiger partial charge in [0.1, 0.15) is 16.2 Å². The summed E-state index contributed by atoms with van der Waals surface area (Å²) in [7, 11) is 2.13. The van der Waals surface area contributed by atoms with Crippen molar-refractivity contribution in [2.45, 2.75) is 38.1 Å². The van der Waals surface area contributed by atoms with Crippen LogP contribution >= 0.6 is 22.9 Å². The first-order valence-corrected chi connectivity index (χ1v) is 13.5. The maximum atomic E-state index is 13.7. The van der Waals surface area contributed by atoms with Gasteiger partial charge >= 0.3 is 0 Å². The van der Waals surface area contributed by atoms with Crippen LogP contribution in [0.3, 0.4) is 0 Å². The van der Waals surface area contributed by atoms with Crippen LogP contribution in [0.25, 0.3) is 26.1 Å². The molecular formula is C26H28ClN5O2S. The molecule has 1 amide bonds. The smallest absolute Gasteiger partial charge is 0.258 e. The average molecular weight is 510 g/mol. The fraction of sp³-hybridized carbons (Fsp3) is 0.423. The van der Waals surface area contributed by atoms with E-state index in [9.17, 15) is 9.59 Å². The van der Waals surface area contributed by atoms with Gasteiger partial charge in [-0.15, -0.1) is 11.3 Å². The van der Waals surface area contributed by atoms with Crippen LogP contribution in [0.2, 0.25) is 5.02 Å². The summed E-state index contributed by atoms with van der Waals surface area (Å²) in [6.45, 7) is 3.56. The number of carbonyl (C=O) groups excluding carboxylic acids is 1. The average Bonchev–Trinajstić information content (AvgIpc) is 3.59. The summed E-state index contributed by atoms with van der Waals surface area (Å²) in [5.41, 5.74) is 1.35. The number of fused-ring (bicyclic) bond motifs is 5. The lowest BCUT2D eigenvalue weighted by atomic mass is 10.1. The Hall–Kier alpha value is -2.68. The van der Waals surface area contributed by atoms with E-state index in [0.29, 0.717) is 33.5 Å². The van der Waals surface area contributed by atoms with Crippen molar-refractivity contribution in [3.05, 3.63) is 51.1 Å². The van der Waals surface area contributed by atoms with Gasteiger partial charge in [0.2, 0.25) is 5.43 Å². The van der Waals surface area contributed by atoms with E-state index in [2.05, 4.69) is 22.2 Å². The number of nitrogens with one attached hydrogen (secondary N) is 1. The van der Waals surface area contributed by atoms with Crippen molar-refractivity contribution in [1.82, 2.24) is 19.6 Å². The number of rotatable bonds is 5. The van der Waals surface area contributed by atoms with Crippen LogP contribution in [-0.4, -0.2) is 59.5 Å². The third kappa shape index (κ3) is 3.97. The molecule has 9 heteroatoms.